The number of hydrogen-bond acceptors (Lipinski definition) is 4. The largest absolute Gasteiger partial charge is 0.440 e. The summed E-state index contributed by atoms with van der Waals surface area (Å²) >= 11 is 0. The quantitative estimate of drug-likeness (QED) is 0.911. The van der Waals surface area contributed by atoms with Gasteiger partial charge in [0, 0.05) is 17.6 Å². The van der Waals surface area contributed by atoms with Gasteiger partial charge in [0.05, 0.1) is 5.92 Å². The van der Waals surface area contributed by atoms with Crippen molar-refractivity contribution in [3.8, 4) is 0 Å². The number of carbonyl (C=O) groups excluding carboxylic acids is 1. The first-order valence-electron chi connectivity index (χ1n) is 7.49. The topological polar surface area (TPSA) is 67.2 Å². The van der Waals surface area contributed by atoms with Gasteiger partial charge >= 0.3 is 0 Å². The molecule has 0 radical (unpaired) electrons. The molecule has 2 N–H and O–H groups in total. The molecule has 1 amide bonds. The second-order valence-electron chi connectivity index (χ2n) is 6.02. The van der Waals surface area contributed by atoms with Gasteiger partial charge in [-0.1, -0.05) is 13.8 Å². The Morgan fingerprint density at radius 1 is 1.48 bits per heavy atom. The maximum Gasteiger partial charge on any atom is 0.229 e. The van der Waals surface area contributed by atoms with Crippen LogP contribution in [0.5, 0.6) is 0 Å². The van der Waals surface area contributed by atoms with Crippen LogP contribution >= 0.6 is 0 Å². The van der Waals surface area contributed by atoms with Crippen LogP contribution in [-0.4, -0.2) is 23.5 Å². The van der Waals surface area contributed by atoms with E-state index in [0.29, 0.717) is 0 Å². The van der Waals surface area contributed by atoms with E-state index >= 15 is 0 Å². The van der Waals surface area contributed by atoms with Crippen LogP contribution in [-0.2, 0) is 4.79 Å². The minimum atomic E-state index is 0.0317. The third-order valence-corrected chi connectivity index (χ3v) is 4.03. The molecular formula is C16H21N3O2. The molecule has 5 nitrogen and oxygen atoms in total. The lowest BCUT2D eigenvalue weighted by molar-refractivity contribution is -0.119. The lowest BCUT2D eigenvalue weighted by Gasteiger charge is -2.14. The van der Waals surface area contributed by atoms with Crippen molar-refractivity contribution in [2.24, 2.45) is 5.92 Å². The van der Waals surface area contributed by atoms with Gasteiger partial charge in [-0.25, -0.2) is 4.98 Å². The first-order valence-corrected chi connectivity index (χ1v) is 7.49. The highest BCUT2D eigenvalue weighted by molar-refractivity contribution is 5.94. The van der Waals surface area contributed by atoms with Crippen molar-refractivity contribution in [1.29, 1.82) is 0 Å². The van der Waals surface area contributed by atoms with E-state index in [4.69, 9.17) is 4.42 Å². The fourth-order valence-electron chi connectivity index (χ4n) is 2.72. The lowest BCUT2D eigenvalue weighted by Crippen LogP contribution is -2.32. The zero-order valence-electron chi connectivity index (χ0n) is 12.6. The van der Waals surface area contributed by atoms with Crippen molar-refractivity contribution in [2.45, 2.75) is 39.2 Å². The van der Waals surface area contributed by atoms with Crippen LogP contribution in [0, 0.1) is 5.92 Å². The Balaban J connectivity index is 1.79. The van der Waals surface area contributed by atoms with E-state index in [2.05, 4.69) is 15.6 Å². The molecule has 2 heterocycles. The second-order valence-corrected chi connectivity index (χ2v) is 6.02. The highest BCUT2D eigenvalue weighted by Crippen LogP contribution is 2.24. The van der Waals surface area contributed by atoms with Gasteiger partial charge in [0.15, 0.2) is 11.5 Å². The molecule has 1 aliphatic rings. The number of amides is 1. The molecule has 2 aromatic rings. The van der Waals surface area contributed by atoms with E-state index < -0.39 is 0 Å². The summed E-state index contributed by atoms with van der Waals surface area (Å²) in [4.78, 5) is 16.7. The van der Waals surface area contributed by atoms with Crippen LogP contribution in [0.1, 0.15) is 39.0 Å². The van der Waals surface area contributed by atoms with Crippen molar-refractivity contribution in [3.05, 3.63) is 24.1 Å². The summed E-state index contributed by atoms with van der Waals surface area (Å²) in [5, 5.41) is 6.28. The van der Waals surface area contributed by atoms with Gasteiger partial charge < -0.3 is 15.1 Å². The SMILES string of the molecule is CC(C)c1nc2cc(NC(=O)C3CCNC3C)ccc2o1. The average molecular weight is 287 g/mol. The highest BCUT2D eigenvalue weighted by Gasteiger charge is 2.29. The van der Waals surface area contributed by atoms with E-state index in [9.17, 15) is 4.79 Å². The Bertz CT molecular complexity index is 663. The van der Waals surface area contributed by atoms with E-state index in [1.54, 1.807) is 0 Å². The van der Waals surface area contributed by atoms with Crippen LogP contribution in [0.15, 0.2) is 22.6 Å². The smallest absolute Gasteiger partial charge is 0.229 e. The molecule has 2 unspecified atom stereocenters. The number of nitrogens with zero attached hydrogens (tertiary/aromatic N) is 1. The van der Waals surface area contributed by atoms with Crippen molar-refractivity contribution < 1.29 is 9.21 Å². The lowest BCUT2D eigenvalue weighted by atomic mass is 10.0. The summed E-state index contributed by atoms with van der Waals surface area (Å²) in [5.74, 6) is 1.08. The zero-order valence-corrected chi connectivity index (χ0v) is 12.6. The number of fused-ring (bicyclic) bond motifs is 1. The minimum absolute atomic E-state index is 0.0317. The van der Waals surface area contributed by atoms with E-state index in [-0.39, 0.29) is 23.8 Å². The monoisotopic (exact) mass is 287 g/mol. The molecule has 0 spiro atoms. The summed E-state index contributed by atoms with van der Waals surface area (Å²) in [5.41, 5.74) is 2.32. The van der Waals surface area contributed by atoms with E-state index in [0.717, 1.165) is 35.6 Å². The fourth-order valence-corrected chi connectivity index (χ4v) is 2.72. The van der Waals surface area contributed by atoms with Gasteiger partial charge in [-0.2, -0.15) is 0 Å². The molecule has 3 rings (SSSR count). The first-order chi connectivity index (χ1) is 10.0. The number of rotatable bonds is 3. The van der Waals surface area contributed by atoms with Crippen molar-refractivity contribution in [2.75, 3.05) is 11.9 Å². The van der Waals surface area contributed by atoms with Gasteiger partial charge in [0.2, 0.25) is 5.91 Å². The standard InChI is InChI=1S/C16H21N3O2/c1-9(2)16-19-13-8-11(4-5-14(13)21-16)18-15(20)12-6-7-17-10(12)3/h4-5,8-10,12,17H,6-7H2,1-3H3,(H,18,20). The first kappa shape index (κ1) is 14.1. The number of nitrogens with one attached hydrogen (secondary N) is 2. The summed E-state index contributed by atoms with van der Waals surface area (Å²) in [6, 6.07) is 5.83. The summed E-state index contributed by atoms with van der Waals surface area (Å²) in [6.07, 6.45) is 0.886. The molecule has 1 aliphatic heterocycles. The summed E-state index contributed by atoms with van der Waals surface area (Å²) in [6.45, 7) is 7.04. The van der Waals surface area contributed by atoms with Gasteiger partial charge in [-0.3, -0.25) is 4.79 Å². The van der Waals surface area contributed by atoms with Crippen molar-refractivity contribution >= 4 is 22.7 Å². The Kier molecular flexibility index (Phi) is 3.68. The van der Waals surface area contributed by atoms with Crippen molar-refractivity contribution in [1.82, 2.24) is 10.3 Å². The maximum absolute atomic E-state index is 12.3. The normalized spacial score (nSPS) is 22.1. The van der Waals surface area contributed by atoms with Crippen molar-refractivity contribution in [3.63, 3.8) is 0 Å². The molecule has 0 saturated carbocycles. The average Bonchev–Trinajstić information content (AvgIpc) is 3.04. The molecule has 5 heteroatoms. The molecule has 0 aliphatic carbocycles. The van der Waals surface area contributed by atoms with Crippen LogP contribution < -0.4 is 10.6 Å². The van der Waals surface area contributed by atoms with Gasteiger partial charge in [0.25, 0.3) is 0 Å². The van der Waals surface area contributed by atoms with Crippen LogP contribution in [0.3, 0.4) is 0 Å². The number of benzene rings is 1. The molecule has 1 saturated heterocycles. The fraction of sp³-hybridized carbons (Fsp3) is 0.500. The number of hydrogen-bond donors (Lipinski definition) is 2. The number of oxazole rings is 1. The molecule has 112 valence electrons. The number of anilines is 1. The number of carbonyl (C=O) groups is 1. The Hall–Kier alpha value is -1.88. The van der Waals surface area contributed by atoms with E-state index in [1.165, 1.54) is 0 Å². The molecule has 1 aromatic heterocycles. The third-order valence-electron chi connectivity index (χ3n) is 4.03. The van der Waals surface area contributed by atoms with Gasteiger partial charge in [-0.05, 0) is 38.1 Å². The molecule has 2 atom stereocenters. The highest BCUT2D eigenvalue weighted by atomic mass is 16.3. The molecule has 1 fully saturated rings. The third kappa shape index (κ3) is 2.78. The van der Waals surface area contributed by atoms with Crippen LogP contribution in [0.4, 0.5) is 5.69 Å². The molecular weight excluding hydrogens is 266 g/mol. The number of aromatic nitrogens is 1. The molecule has 1 aromatic carbocycles. The minimum Gasteiger partial charge on any atom is -0.440 e. The zero-order chi connectivity index (χ0) is 15.0. The Morgan fingerprint density at radius 3 is 2.95 bits per heavy atom. The molecule has 21 heavy (non-hydrogen) atoms. The molecule has 0 bridgehead atoms. The Morgan fingerprint density at radius 2 is 2.29 bits per heavy atom. The second kappa shape index (κ2) is 5.48. The predicted octanol–water partition coefficient (Wildman–Crippen LogP) is 2.89. The van der Waals surface area contributed by atoms with Crippen LogP contribution in [0.2, 0.25) is 0 Å². The summed E-state index contributed by atoms with van der Waals surface area (Å²) < 4.78 is 5.67. The van der Waals surface area contributed by atoms with Crippen LogP contribution in [0.25, 0.3) is 11.1 Å². The van der Waals surface area contributed by atoms with Gasteiger partial charge in [0.1, 0.15) is 5.52 Å². The maximum atomic E-state index is 12.3. The Labute approximate surface area is 124 Å². The predicted molar refractivity (Wildman–Crippen MR) is 82.3 cm³/mol. The van der Waals surface area contributed by atoms with Gasteiger partial charge in [-0.15, -0.1) is 0 Å². The van der Waals surface area contributed by atoms with E-state index in [1.807, 2.05) is 39.0 Å². The summed E-state index contributed by atoms with van der Waals surface area (Å²) in [7, 11) is 0.